The first kappa shape index (κ1) is 15.8. The monoisotopic (exact) mass is 295 g/mol. The van der Waals surface area contributed by atoms with Crippen molar-refractivity contribution < 1.29 is 9.53 Å². The molecule has 0 aromatic heterocycles. The van der Waals surface area contributed by atoms with E-state index < -0.39 is 0 Å². The Labute approximate surface area is 131 Å². The van der Waals surface area contributed by atoms with Gasteiger partial charge in [-0.1, -0.05) is 30.3 Å². The molecule has 0 aliphatic carbocycles. The van der Waals surface area contributed by atoms with E-state index in [1.54, 1.807) is 0 Å². The van der Waals surface area contributed by atoms with Crippen LogP contribution in [0.2, 0.25) is 0 Å². The predicted molar refractivity (Wildman–Crippen MR) is 90.4 cm³/mol. The lowest BCUT2D eigenvalue weighted by Crippen LogP contribution is -2.20. The van der Waals surface area contributed by atoms with Crippen LogP contribution in [0, 0.1) is 13.8 Å². The Kier molecular flexibility index (Phi) is 5.37. The first-order valence-corrected chi connectivity index (χ1v) is 7.29. The summed E-state index contributed by atoms with van der Waals surface area (Å²) in [6.45, 7) is 7.78. The van der Waals surface area contributed by atoms with Gasteiger partial charge in [-0.05, 0) is 55.2 Å². The molecule has 0 fully saturated rings. The van der Waals surface area contributed by atoms with Crippen molar-refractivity contribution in [1.82, 2.24) is 0 Å². The Morgan fingerprint density at radius 1 is 1.18 bits per heavy atom. The number of carbonyl (C=O) groups excluding carboxylic acids is 1. The van der Waals surface area contributed by atoms with Crippen molar-refractivity contribution in [1.29, 1.82) is 0 Å². The highest BCUT2D eigenvalue weighted by Crippen LogP contribution is 2.19. The third kappa shape index (κ3) is 4.22. The van der Waals surface area contributed by atoms with Gasteiger partial charge >= 0.3 is 0 Å². The van der Waals surface area contributed by atoms with Crippen molar-refractivity contribution in [2.75, 3.05) is 11.9 Å². The zero-order valence-electron chi connectivity index (χ0n) is 13.1. The SMILES string of the molecule is C=CCc1ccccc1OCC(=O)Nc1ccc(C)c(C)c1. The van der Waals surface area contributed by atoms with Gasteiger partial charge in [0, 0.05) is 5.69 Å². The number of para-hydroxylation sites is 1. The fourth-order valence-electron chi connectivity index (χ4n) is 2.13. The summed E-state index contributed by atoms with van der Waals surface area (Å²) in [6.07, 6.45) is 2.53. The van der Waals surface area contributed by atoms with Crippen LogP contribution < -0.4 is 10.1 Å². The van der Waals surface area contributed by atoms with E-state index in [0.717, 1.165) is 29.0 Å². The number of benzene rings is 2. The van der Waals surface area contributed by atoms with E-state index in [0.29, 0.717) is 0 Å². The molecule has 2 aromatic rings. The number of nitrogens with one attached hydrogen (secondary N) is 1. The van der Waals surface area contributed by atoms with E-state index >= 15 is 0 Å². The van der Waals surface area contributed by atoms with Crippen LogP contribution in [0.25, 0.3) is 0 Å². The van der Waals surface area contributed by atoms with Gasteiger partial charge in [-0.25, -0.2) is 0 Å². The minimum Gasteiger partial charge on any atom is -0.483 e. The summed E-state index contributed by atoms with van der Waals surface area (Å²) in [6, 6.07) is 13.5. The van der Waals surface area contributed by atoms with Crippen molar-refractivity contribution >= 4 is 11.6 Å². The molecule has 114 valence electrons. The Morgan fingerprint density at radius 3 is 2.68 bits per heavy atom. The number of rotatable bonds is 6. The average Bonchev–Trinajstić information content (AvgIpc) is 2.50. The number of anilines is 1. The molecule has 2 rings (SSSR count). The molecule has 1 amide bonds. The fraction of sp³-hybridized carbons (Fsp3) is 0.211. The van der Waals surface area contributed by atoms with E-state index in [1.807, 2.05) is 62.4 Å². The minimum atomic E-state index is -0.170. The summed E-state index contributed by atoms with van der Waals surface area (Å²) in [7, 11) is 0. The molecule has 0 heterocycles. The standard InChI is InChI=1S/C19H21NO2/c1-4-7-16-8-5-6-9-18(16)22-13-19(21)20-17-11-10-14(2)15(3)12-17/h4-6,8-12H,1,7,13H2,2-3H3,(H,20,21). The third-order valence-corrected chi connectivity index (χ3v) is 3.49. The van der Waals surface area contributed by atoms with Crippen LogP contribution in [0.3, 0.4) is 0 Å². The highest BCUT2D eigenvalue weighted by molar-refractivity contribution is 5.92. The normalized spacial score (nSPS) is 10.1. The molecule has 1 N–H and O–H groups in total. The number of ether oxygens (including phenoxy) is 1. The number of carbonyl (C=O) groups is 1. The molecular formula is C19H21NO2. The van der Waals surface area contributed by atoms with Crippen LogP contribution in [0.5, 0.6) is 5.75 Å². The molecular weight excluding hydrogens is 274 g/mol. The molecule has 0 bridgehead atoms. The molecule has 0 saturated heterocycles. The first-order chi connectivity index (χ1) is 10.6. The zero-order valence-corrected chi connectivity index (χ0v) is 13.1. The van der Waals surface area contributed by atoms with Crippen LogP contribution in [0.4, 0.5) is 5.69 Å². The second kappa shape index (κ2) is 7.46. The largest absolute Gasteiger partial charge is 0.483 e. The summed E-state index contributed by atoms with van der Waals surface area (Å²) < 4.78 is 5.62. The van der Waals surface area contributed by atoms with Crippen LogP contribution >= 0.6 is 0 Å². The summed E-state index contributed by atoms with van der Waals surface area (Å²) in [4.78, 5) is 12.0. The molecule has 0 radical (unpaired) electrons. The third-order valence-electron chi connectivity index (χ3n) is 3.49. The lowest BCUT2D eigenvalue weighted by molar-refractivity contribution is -0.118. The number of hydrogen-bond acceptors (Lipinski definition) is 2. The van der Waals surface area contributed by atoms with E-state index in [2.05, 4.69) is 11.9 Å². The number of hydrogen-bond donors (Lipinski definition) is 1. The van der Waals surface area contributed by atoms with Crippen molar-refractivity contribution in [2.24, 2.45) is 0 Å². The number of allylic oxidation sites excluding steroid dienone is 1. The van der Waals surface area contributed by atoms with Crippen molar-refractivity contribution in [3.8, 4) is 5.75 Å². The quantitative estimate of drug-likeness (QED) is 0.816. The topological polar surface area (TPSA) is 38.3 Å². The molecule has 0 atom stereocenters. The van der Waals surface area contributed by atoms with Crippen molar-refractivity contribution in [2.45, 2.75) is 20.3 Å². The molecule has 0 aliphatic heterocycles. The maximum Gasteiger partial charge on any atom is 0.262 e. The van der Waals surface area contributed by atoms with Gasteiger partial charge in [0.15, 0.2) is 6.61 Å². The summed E-state index contributed by atoms with van der Waals surface area (Å²) in [5, 5.41) is 2.85. The molecule has 2 aromatic carbocycles. The van der Waals surface area contributed by atoms with E-state index in [1.165, 1.54) is 5.56 Å². The van der Waals surface area contributed by atoms with Gasteiger partial charge in [0.1, 0.15) is 5.75 Å². The van der Waals surface area contributed by atoms with Gasteiger partial charge in [0.25, 0.3) is 5.91 Å². The highest BCUT2D eigenvalue weighted by Gasteiger charge is 2.07. The molecule has 3 heteroatoms. The Balaban J connectivity index is 1.95. The summed E-state index contributed by atoms with van der Waals surface area (Å²) in [5.74, 6) is 0.550. The minimum absolute atomic E-state index is 0.0128. The summed E-state index contributed by atoms with van der Waals surface area (Å²) >= 11 is 0. The van der Waals surface area contributed by atoms with Crippen LogP contribution in [-0.4, -0.2) is 12.5 Å². The number of aryl methyl sites for hydroxylation is 2. The van der Waals surface area contributed by atoms with Crippen LogP contribution in [-0.2, 0) is 11.2 Å². The van der Waals surface area contributed by atoms with Gasteiger partial charge < -0.3 is 10.1 Å². The first-order valence-electron chi connectivity index (χ1n) is 7.29. The second-order valence-electron chi connectivity index (χ2n) is 5.24. The summed E-state index contributed by atoms with van der Waals surface area (Å²) in [5.41, 5.74) is 4.16. The number of amides is 1. The maximum atomic E-state index is 12.0. The lowest BCUT2D eigenvalue weighted by Gasteiger charge is -2.11. The maximum absolute atomic E-state index is 12.0. The molecule has 0 saturated carbocycles. The van der Waals surface area contributed by atoms with Crippen LogP contribution in [0.15, 0.2) is 55.1 Å². The molecule has 0 unspecified atom stereocenters. The van der Waals surface area contributed by atoms with Gasteiger partial charge in [-0.15, -0.1) is 6.58 Å². The molecule has 3 nitrogen and oxygen atoms in total. The molecule has 0 aliphatic rings. The van der Waals surface area contributed by atoms with Crippen molar-refractivity contribution in [3.63, 3.8) is 0 Å². The van der Waals surface area contributed by atoms with Crippen molar-refractivity contribution in [3.05, 3.63) is 71.8 Å². The zero-order chi connectivity index (χ0) is 15.9. The van der Waals surface area contributed by atoms with Crippen LogP contribution in [0.1, 0.15) is 16.7 Å². The molecule has 0 spiro atoms. The Hall–Kier alpha value is -2.55. The predicted octanol–water partition coefficient (Wildman–Crippen LogP) is 4.05. The average molecular weight is 295 g/mol. The fourth-order valence-corrected chi connectivity index (χ4v) is 2.13. The lowest BCUT2D eigenvalue weighted by atomic mass is 10.1. The Bertz CT molecular complexity index is 677. The van der Waals surface area contributed by atoms with Gasteiger partial charge in [0.05, 0.1) is 0 Å². The Morgan fingerprint density at radius 2 is 1.95 bits per heavy atom. The van der Waals surface area contributed by atoms with E-state index in [4.69, 9.17) is 4.74 Å². The van der Waals surface area contributed by atoms with E-state index in [-0.39, 0.29) is 12.5 Å². The smallest absolute Gasteiger partial charge is 0.262 e. The van der Waals surface area contributed by atoms with Gasteiger partial charge in [-0.2, -0.15) is 0 Å². The van der Waals surface area contributed by atoms with Gasteiger partial charge in [0.2, 0.25) is 0 Å². The van der Waals surface area contributed by atoms with Gasteiger partial charge in [-0.3, -0.25) is 4.79 Å². The second-order valence-corrected chi connectivity index (χ2v) is 5.24. The highest BCUT2D eigenvalue weighted by atomic mass is 16.5. The molecule has 22 heavy (non-hydrogen) atoms. The van der Waals surface area contributed by atoms with E-state index in [9.17, 15) is 4.79 Å².